The van der Waals surface area contributed by atoms with Crippen LogP contribution in [0.2, 0.25) is 0 Å². The number of rotatable bonds is 5. The Morgan fingerprint density at radius 1 is 1.43 bits per heavy atom. The molecule has 0 saturated carbocycles. The first-order valence-corrected chi connectivity index (χ1v) is 6.86. The van der Waals surface area contributed by atoms with Gasteiger partial charge in [0.15, 0.2) is 0 Å². The number of likely N-dealkylation sites (N-methyl/N-ethyl adjacent to an activating group) is 1. The van der Waals surface area contributed by atoms with Crippen molar-refractivity contribution in [2.24, 2.45) is 0 Å². The van der Waals surface area contributed by atoms with E-state index < -0.39 is 18.3 Å². The molecule has 0 bridgehead atoms. The Hall–Kier alpha value is 0.440. The molecule has 1 N–H and O–H groups in total. The van der Waals surface area contributed by atoms with Gasteiger partial charge in [0.1, 0.15) is 0 Å². The Bertz CT molecular complexity index is 165. The SMILES string of the molecule is CCC[I-]N(C)C(C)C(O)C(F)(F)F. The molecule has 2 unspecified atom stereocenters. The molecule has 2 nitrogen and oxygen atoms in total. The van der Waals surface area contributed by atoms with Crippen molar-refractivity contribution in [3.05, 3.63) is 0 Å². The van der Waals surface area contributed by atoms with Crippen LogP contribution in [-0.4, -0.2) is 38.0 Å². The van der Waals surface area contributed by atoms with E-state index in [1.807, 2.05) is 6.92 Å². The fourth-order valence-corrected chi connectivity index (χ4v) is 2.96. The molecule has 0 aromatic carbocycles. The zero-order valence-electron chi connectivity index (χ0n) is 8.48. The fourth-order valence-electron chi connectivity index (χ4n) is 0.795. The minimum absolute atomic E-state index is 0.387. The van der Waals surface area contributed by atoms with Gasteiger partial charge < -0.3 is 0 Å². The van der Waals surface area contributed by atoms with E-state index in [0.29, 0.717) is 0 Å². The van der Waals surface area contributed by atoms with Gasteiger partial charge in [-0.2, -0.15) is 0 Å². The summed E-state index contributed by atoms with van der Waals surface area (Å²) in [6, 6.07) is -0.839. The summed E-state index contributed by atoms with van der Waals surface area (Å²) in [6.07, 6.45) is -5.76. The second kappa shape index (κ2) is 6.12. The minimum atomic E-state index is -4.51. The van der Waals surface area contributed by atoms with Crippen molar-refractivity contribution in [1.82, 2.24) is 3.11 Å². The van der Waals surface area contributed by atoms with Crippen molar-refractivity contribution < 1.29 is 39.8 Å². The van der Waals surface area contributed by atoms with E-state index >= 15 is 0 Å². The van der Waals surface area contributed by atoms with Crippen LogP contribution in [0.1, 0.15) is 20.3 Å². The monoisotopic (exact) mass is 326 g/mol. The van der Waals surface area contributed by atoms with Crippen molar-refractivity contribution in [2.45, 2.75) is 38.6 Å². The molecule has 14 heavy (non-hydrogen) atoms. The third-order valence-electron chi connectivity index (χ3n) is 1.82. The predicted molar refractivity (Wildman–Crippen MR) is 44.4 cm³/mol. The van der Waals surface area contributed by atoms with Crippen LogP contribution in [0.15, 0.2) is 0 Å². The quantitative estimate of drug-likeness (QED) is 0.383. The van der Waals surface area contributed by atoms with Crippen molar-refractivity contribution in [2.75, 3.05) is 11.5 Å². The third-order valence-corrected chi connectivity index (χ3v) is 5.33. The second-order valence-corrected chi connectivity index (χ2v) is 6.34. The standard InChI is InChI=1S/C8H16F3INO/c1-4-5-12-13(3)6(2)7(14)8(9,10)11/h6-7,14H,4-5H2,1-3H3/q-1. The zero-order chi connectivity index (χ0) is 11.4. The van der Waals surface area contributed by atoms with E-state index in [-0.39, 0.29) is 21.5 Å². The summed E-state index contributed by atoms with van der Waals surface area (Å²) in [5, 5.41) is 8.97. The Morgan fingerprint density at radius 3 is 2.29 bits per heavy atom. The van der Waals surface area contributed by atoms with Gasteiger partial charge in [0, 0.05) is 0 Å². The first-order valence-electron chi connectivity index (χ1n) is 4.37. The predicted octanol–water partition coefficient (Wildman–Crippen LogP) is -1.36. The number of alkyl halides is 4. The van der Waals surface area contributed by atoms with E-state index in [0.717, 1.165) is 10.8 Å². The average Bonchev–Trinajstić information content (AvgIpc) is 2.10. The van der Waals surface area contributed by atoms with E-state index in [2.05, 4.69) is 0 Å². The molecule has 0 aliphatic carbocycles. The Kier molecular flexibility index (Phi) is 6.31. The first-order chi connectivity index (χ1) is 6.30. The number of hydrogen-bond donors (Lipinski definition) is 1. The van der Waals surface area contributed by atoms with Gasteiger partial charge in [-0.1, -0.05) is 0 Å². The Balaban J connectivity index is 4.10. The summed E-state index contributed by atoms with van der Waals surface area (Å²) < 4.78 is 38.9. The average molecular weight is 326 g/mol. The van der Waals surface area contributed by atoms with Gasteiger partial charge in [0.2, 0.25) is 0 Å². The molecule has 0 aromatic heterocycles. The van der Waals surface area contributed by atoms with Gasteiger partial charge in [-0.15, -0.1) is 0 Å². The van der Waals surface area contributed by atoms with Gasteiger partial charge >= 0.3 is 92.9 Å². The Morgan fingerprint density at radius 2 is 1.93 bits per heavy atom. The van der Waals surface area contributed by atoms with Gasteiger partial charge in [0.25, 0.3) is 0 Å². The van der Waals surface area contributed by atoms with Crippen molar-refractivity contribution >= 4 is 0 Å². The molecule has 0 saturated heterocycles. The molecule has 0 fully saturated rings. The van der Waals surface area contributed by atoms with Gasteiger partial charge in [-0.05, 0) is 0 Å². The number of aliphatic hydroxyl groups excluding tert-OH is 1. The van der Waals surface area contributed by atoms with Crippen molar-refractivity contribution in [3.8, 4) is 0 Å². The second-order valence-electron chi connectivity index (χ2n) is 3.06. The molecule has 0 aliphatic heterocycles. The molecule has 0 spiro atoms. The van der Waals surface area contributed by atoms with E-state index in [4.69, 9.17) is 5.11 Å². The first kappa shape index (κ1) is 14.4. The van der Waals surface area contributed by atoms with Gasteiger partial charge in [0.05, 0.1) is 0 Å². The number of halogens is 4. The van der Waals surface area contributed by atoms with E-state index in [9.17, 15) is 13.2 Å². The maximum atomic E-state index is 12.1. The summed E-state index contributed by atoms with van der Waals surface area (Å²) in [6.45, 7) is 3.41. The molecule has 88 valence electrons. The van der Waals surface area contributed by atoms with Crippen LogP contribution in [0.5, 0.6) is 0 Å². The van der Waals surface area contributed by atoms with Crippen LogP contribution >= 0.6 is 0 Å². The summed E-state index contributed by atoms with van der Waals surface area (Å²) in [5.41, 5.74) is 0. The molecule has 0 radical (unpaired) electrons. The van der Waals surface area contributed by atoms with Crippen molar-refractivity contribution in [1.29, 1.82) is 0 Å². The molecule has 0 aliphatic rings. The molecular weight excluding hydrogens is 310 g/mol. The van der Waals surface area contributed by atoms with Crippen LogP contribution in [0.25, 0.3) is 0 Å². The summed E-state index contributed by atoms with van der Waals surface area (Å²) >= 11 is -0.387. The van der Waals surface area contributed by atoms with Crippen LogP contribution < -0.4 is 21.5 Å². The molecular formula is C8H16F3INO-. The van der Waals surface area contributed by atoms with Crippen LogP contribution in [0, 0.1) is 0 Å². The maximum absolute atomic E-state index is 12.1. The summed E-state index contributed by atoms with van der Waals surface area (Å²) in [7, 11) is 1.64. The summed E-state index contributed by atoms with van der Waals surface area (Å²) in [5.74, 6) is 0. The zero-order valence-corrected chi connectivity index (χ0v) is 10.6. The van der Waals surface area contributed by atoms with Crippen LogP contribution in [0.3, 0.4) is 0 Å². The molecule has 0 aromatic rings. The fraction of sp³-hybridized carbons (Fsp3) is 1.00. The number of nitrogens with zero attached hydrogens (tertiary/aromatic N) is 1. The van der Waals surface area contributed by atoms with Gasteiger partial charge in [-0.3, -0.25) is 0 Å². The molecule has 0 rings (SSSR count). The number of aliphatic hydroxyl groups is 1. The van der Waals surface area contributed by atoms with Crippen molar-refractivity contribution in [3.63, 3.8) is 0 Å². The van der Waals surface area contributed by atoms with E-state index in [1.165, 1.54) is 6.92 Å². The topological polar surface area (TPSA) is 23.5 Å². The molecule has 6 heteroatoms. The third kappa shape index (κ3) is 4.79. The Labute approximate surface area is 93.1 Å². The normalized spacial score (nSPS) is 17.4. The molecule has 0 amide bonds. The van der Waals surface area contributed by atoms with E-state index in [1.54, 1.807) is 10.2 Å². The summed E-state index contributed by atoms with van der Waals surface area (Å²) in [4.78, 5) is 0. The van der Waals surface area contributed by atoms with Gasteiger partial charge in [-0.25, -0.2) is 0 Å². The van der Waals surface area contributed by atoms with Crippen LogP contribution in [-0.2, 0) is 0 Å². The molecule has 2 atom stereocenters. The molecule has 0 heterocycles. The van der Waals surface area contributed by atoms with Crippen LogP contribution in [0.4, 0.5) is 13.2 Å². The number of hydrogen-bond acceptors (Lipinski definition) is 2.